The molecule has 0 fully saturated rings. The summed E-state index contributed by atoms with van der Waals surface area (Å²) in [6.45, 7) is 14.8. The summed E-state index contributed by atoms with van der Waals surface area (Å²) in [5, 5.41) is 2.96. The lowest BCUT2D eigenvalue weighted by Gasteiger charge is -2.28. The monoisotopic (exact) mass is 393 g/mol. The van der Waals surface area contributed by atoms with Crippen LogP contribution in [0.15, 0.2) is 48.7 Å². The lowest BCUT2D eigenvalue weighted by molar-refractivity contribution is -0.123. The van der Waals surface area contributed by atoms with E-state index in [1.165, 1.54) is 5.56 Å². The number of carbonyl (C=O) groups is 1. The van der Waals surface area contributed by atoms with E-state index >= 15 is 0 Å². The van der Waals surface area contributed by atoms with Crippen molar-refractivity contribution in [2.45, 2.75) is 46.6 Å². The molecule has 0 saturated carbocycles. The van der Waals surface area contributed by atoms with Gasteiger partial charge in [0.15, 0.2) is 6.61 Å². The smallest absolute Gasteiger partial charge is 0.258 e. The molecule has 0 spiro atoms. The second-order valence-electron chi connectivity index (χ2n) is 8.90. The van der Waals surface area contributed by atoms with E-state index in [0.29, 0.717) is 5.88 Å². The molecule has 5 heteroatoms. The molecule has 1 aromatic carbocycles. The van der Waals surface area contributed by atoms with Crippen LogP contribution in [0.2, 0.25) is 0 Å². The van der Waals surface area contributed by atoms with Gasteiger partial charge in [-0.25, -0.2) is 0 Å². The second kappa shape index (κ2) is 7.90. The van der Waals surface area contributed by atoms with E-state index < -0.39 is 0 Å². The zero-order valence-corrected chi connectivity index (χ0v) is 18.2. The van der Waals surface area contributed by atoms with Crippen molar-refractivity contribution in [3.8, 4) is 5.88 Å². The van der Waals surface area contributed by atoms with Gasteiger partial charge in [0.25, 0.3) is 5.91 Å². The maximum Gasteiger partial charge on any atom is 0.258 e. The van der Waals surface area contributed by atoms with Crippen molar-refractivity contribution in [2.75, 3.05) is 18.6 Å². The third-order valence-corrected chi connectivity index (χ3v) is 5.44. The Bertz CT molecular complexity index is 913. The Labute approximate surface area is 173 Å². The highest BCUT2D eigenvalue weighted by Gasteiger charge is 2.39. The molecule has 154 valence electrons. The van der Waals surface area contributed by atoms with E-state index in [1.807, 2.05) is 62.2 Å². The number of carbonyl (C=O) groups excluding carboxylic acids is 1. The number of anilines is 1. The number of pyridine rings is 1. The Morgan fingerprint density at radius 2 is 1.90 bits per heavy atom. The van der Waals surface area contributed by atoms with Crippen LogP contribution in [0.5, 0.6) is 5.88 Å². The van der Waals surface area contributed by atoms with Gasteiger partial charge in [-0.05, 0) is 30.9 Å². The minimum Gasteiger partial charge on any atom is -0.468 e. The van der Waals surface area contributed by atoms with E-state index in [0.717, 1.165) is 22.6 Å². The highest BCUT2D eigenvalue weighted by Crippen LogP contribution is 2.50. The quantitative estimate of drug-likeness (QED) is 0.797. The number of nitrogens with zero attached hydrogens (tertiary/aromatic N) is 2. The number of allylic oxidation sites excluding steroid dienone is 1. The highest BCUT2D eigenvalue weighted by molar-refractivity contribution is 5.78. The van der Waals surface area contributed by atoms with Gasteiger partial charge in [-0.2, -0.15) is 4.98 Å². The Balaban J connectivity index is 1.64. The van der Waals surface area contributed by atoms with Crippen LogP contribution in [0.1, 0.15) is 56.3 Å². The van der Waals surface area contributed by atoms with E-state index in [4.69, 9.17) is 4.74 Å². The fourth-order valence-corrected chi connectivity index (χ4v) is 3.85. The number of benzene rings is 1. The molecule has 2 unspecified atom stereocenters. The molecule has 0 bridgehead atoms. The number of fused-ring (bicyclic) bond motifs is 1. The molecule has 5 nitrogen and oxygen atoms in total. The van der Waals surface area contributed by atoms with E-state index in [1.54, 1.807) is 0 Å². The SMILES string of the molecule is C=C1C(C(C)(C)C)c2ccc(OCC(=O)NC(C)c3ccc(C)cc3)nc2N1C. The molecule has 1 amide bonds. The van der Waals surface area contributed by atoms with E-state index in [9.17, 15) is 4.79 Å². The molecule has 2 aromatic rings. The zero-order chi connectivity index (χ0) is 21.3. The molecule has 1 aliphatic rings. The largest absolute Gasteiger partial charge is 0.468 e. The Morgan fingerprint density at radius 1 is 1.24 bits per heavy atom. The number of aromatic nitrogens is 1. The van der Waals surface area contributed by atoms with Crippen molar-refractivity contribution in [2.24, 2.45) is 5.41 Å². The normalized spacial score (nSPS) is 17.1. The predicted octanol–water partition coefficient (Wildman–Crippen LogP) is 4.74. The molecular formula is C24H31N3O2. The number of amides is 1. The average molecular weight is 394 g/mol. The number of likely N-dealkylation sites (N-methyl/N-ethyl adjacent to an activating group) is 1. The minimum absolute atomic E-state index is 0.0483. The Morgan fingerprint density at radius 3 is 2.52 bits per heavy atom. The van der Waals surface area contributed by atoms with Crippen molar-refractivity contribution < 1.29 is 9.53 Å². The van der Waals surface area contributed by atoms with Gasteiger partial charge in [-0.1, -0.05) is 57.2 Å². The standard InChI is InChI=1S/C24H31N3O2/c1-15-8-10-18(11-9-15)16(2)25-20(28)14-29-21-13-12-19-22(24(4,5)6)17(3)27(7)23(19)26-21/h8-13,16,22H,3,14H2,1-2,4-7H3,(H,25,28). The van der Waals surface area contributed by atoms with Crippen LogP contribution in [0.4, 0.5) is 5.82 Å². The highest BCUT2D eigenvalue weighted by atomic mass is 16.5. The maximum atomic E-state index is 12.3. The first kappa shape index (κ1) is 20.9. The molecule has 1 aromatic heterocycles. The molecule has 1 N–H and O–H groups in total. The number of rotatable bonds is 5. The van der Waals surface area contributed by atoms with Crippen molar-refractivity contribution in [1.82, 2.24) is 10.3 Å². The number of ether oxygens (including phenoxy) is 1. The summed E-state index contributed by atoms with van der Waals surface area (Å²) in [4.78, 5) is 19.0. The first-order valence-electron chi connectivity index (χ1n) is 10.00. The van der Waals surface area contributed by atoms with E-state index in [2.05, 4.69) is 37.7 Å². The van der Waals surface area contributed by atoms with Crippen LogP contribution in [0.25, 0.3) is 0 Å². The van der Waals surface area contributed by atoms with Crippen LogP contribution < -0.4 is 15.0 Å². The second-order valence-corrected chi connectivity index (χ2v) is 8.90. The first-order valence-corrected chi connectivity index (χ1v) is 10.00. The predicted molar refractivity (Wildman–Crippen MR) is 117 cm³/mol. The average Bonchev–Trinajstić information content (AvgIpc) is 2.91. The molecule has 3 rings (SSSR count). The van der Waals surface area contributed by atoms with Crippen LogP contribution in [-0.2, 0) is 4.79 Å². The fourth-order valence-electron chi connectivity index (χ4n) is 3.85. The number of hydrogen-bond donors (Lipinski definition) is 1. The first-order chi connectivity index (χ1) is 13.6. The Hall–Kier alpha value is -2.82. The molecule has 29 heavy (non-hydrogen) atoms. The number of aryl methyl sites for hydroxylation is 1. The Kier molecular flexibility index (Phi) is 5.69. The third kappa shape index (κ3) is 4.44. The van der Waals surface area contributed by atoms with Crippen molar-refractivity contribution in [3.05, 3.63) is 65.4 Å². The van der Waals surface area contributed by atoms with Crippen molar-refractivity contribution in [3.63, 3.8) is 0 Å². The van der Waals surface area contributed by atoms with Gasteiger partial charge in [0.2, 0.25) is 5.88 Å². The summed E-state index contributed by atoms with van der Waals surface area (Å²) < 4.78 is 5.67. The van der Waals surface area contributed by atoms with Gasteiger partial charge < -0.3 is 15.0 Å². The van der Waals surface area contributed by atoms with Crippen molar-refractivity contribution >= 4 is 11.7 Å². The van der Waals surface area contributed by atoms with Gasteiger partial charge >= 0.3 is 0 Å². The lowest BCUT2D eigenvalue weighted by atomic mass is 9.76. The van der Waals surface area contributed by atoms with Gasteiger partial charge in [0.05, 0.1) is 6.04 Å². The summed E-state index contributed by atoms with van der Waals surface area (Å²) in [5.74, 6) is 1.32. The summed E-state index contributed by atoms with van der Waals surface area (Å²) >= 11 is 0. The van der Waals surface area contributed by atoms with Gasteiger partial charge in [0, 0.05) is 30.3 Å². The van der Waals surface area contributed by atoms with Crippen LogP contribution >= 0.6 is 0 Å². The topological polar surface area (TPSA) is 54.5 Å². The van der Waals surface area contributed by atoms with E-state index in [-0.39, 0.29) is 29.9 Å². The molecule has 0 aliphatic carbocycles. The maximum absolute atomic E-state index is 12.3. The third-order valence-electron chi connectivity index (χ3n) is 5.44. The van der Waals surface area contributed by atoms with Gasteiger partial charge in [0.1, 0.15) is 5.82 Å². The summed E-state index contributed by atoms with van der Waals surface area (Å²) in [5.41, 5.74) is 4.48. The van der Waals surface area contributed by atoms with Crippen LogP contribution in [-0.4, -0.2) is 24.5 Å². The summed E-state index contributed by atoms with van der Waals surface area (Å²) in [6.07, 6.45) is 0. The molecule has 2 atom stereocenters. The molecular weight excluding hydrogens is 362 g/mol. The minimum atomic E-state index is -0.175. The lowest BCUT2D eigenvalue weighted by Crippen LogP contribution is -2.31. The molecule has 0 saturated heterocycles. The van der Waals surface area contributed by atoms with Gasteiger partial charge in [-0.15, -0.1) is 0 Å². The van der Waals surface area contributed by atoms with Crippen LogP contribution in [0.3, 0.4) is 0 Å². The number of hydrogen-bond acceptors (Lipinski definition) is 4. The van der Waals surface area contributed by atoms with Gasteiger partial charge in [-0.3, -0.25) is 4.79 Å². The number of nitrogens with one attached hydrogen (secondary N) is 1. The van der Waals surface area contributed by atoms with Crippen LogP contribution in [0, 0.1) is 12.3 Å². The zero-order valence-electron chi connectivity index (χ0n) is 18.2. The van der Waals surface area contributed by atoms with Crippen molar-refractivity contribution in [1.29, 1.82) is 0 Å². The summed E-state index contributed by atoms with van der Waals surface area (Å²) in [7, 11) is 1.97. The molecule has 0 radical (unpaired) electrons. The fraction of sp³-hybridized carbons (Fsp3) is 0.417. The summed E-state index contributed by atoms with van der Waals surface area (Å²) in [6, 6.07) is 11.9. The molecule has 2 heterocycles. The molecule has 1 aliphatic heterocycles.